The first-order valence-corrected chi connectivity index (χ1v) is 8.72. The van der Waals surface area contributed by atoms with Crippen LogP contribution in [0.25, 0.3) is 0 Å². The Balaban J connectivity index is 1.48. The second-order valence-corrected chi connectivity index (χ2v) is 6.70. The van der Waals surface area contributed by atoms with Gasteiger partial charge in [-0.1, -0.05) is 12.1 Å². The number of hydrogen-bond donors (Lipinski definition) is 2. The zero-order valence-electron chi connectivity index (χ0n) is 13.6. The minimum Gasteiger partial charge on any atom is -0.367 e. The summed E-state index contributed by atoms with van der Waals surface area (Å²) in [6, 6.07) is 6.99. The molecule has 2 fully saturated rings. The summed E-state index contributed by atoms with van der Waals surface area (Å²) >= 11 is 0. The molecule has 0 bridgehead atoms. The van der Waals surface area contributed by atoms with Gasteiger partial charge in [-0.25, -0.2) is 4.39 Å². The Morgan fingerprint density at radius 1 is 1.35 bits per heavy atom. The highest BCUT2D eigenvalue weighted by Crippen LogP contribution is 2.23. The summed E-state index contributed by atoms with van der Waals surface area (Å²) in [6.45, 7) is 3.66. The van der Waals surface area contributed by atoms with Crippen molar-refractivity contribution >= 4 is 11.6 Å². The molecular weight excluding hydrogens is 293 g/mol. The van der Waals surface area contributed by atoms with E-state index >= 15 is 0 Å². The van der Waals surface area contributed by atoms with Crippen molar-refractivity contribution < 1.29 is 9.18 Å². The van der Waals surface area contributed by atoms with Gasteiger partial charge < -0.3 is 15.5 Å². The molecule has 2 heterocycles. The van der Waals surface area contributed by atoms with E-state index in [0.29, 0.717) is 24.6 Å². The number of amides is 1. The lowest BCUT2D eigenvalue weighted by molar-refractivity contribution is -0.122. The van der Waals surface area contributed by atoms with E-state index in [1.54, 1.807) is 6.07 Å². The molecule has 0 spiro atoms. The van der Waals surface area contributed by atoms with Gasteiger partial charge in [-0.15, -0.1) is 0 Å². The number of carbonyl (C=O) groups excluding carboxylic acids is 1. The van der Waals surface area contributed by atoms with Crippen LogP contribution in [-0.4, -0.2) is 38.1 Å². The molecule has 5 heteroatoms. The highest BCUT2D eigenvalue weighted by atomic mass is 19.1. The standard InChI is InChI=1S/C18H26FN3O/c19-16-5-1-2-6-17(16)22-11-3-4-15(13-22)21-18(23)8-7-14-9-10-20-12-14/h1-2,5-6,14-15,20H,3-4,7-13H2,(H,21,23). The lowest BCUT2D eigenvalue weighted by Gasteiger charge is -2.35. The zero-order valence-corrected chi connectivity index (χ0v) is 13.6. The van der Waals surface area contributed by atoms with Crippen molar-refractivity contribution in [3.05, 3.63) is 30.1 Å². The minimum absolute atomic E-state index is 0.123. The molecule has 4 nitrogen and oxygen atoms in total. The topological polar surface area (TPSA) is 44.4 Å². The minimum atomic E-state index is -0.187. The van der Waals surface area contributed by atoms with E-state index in [2.05, 4.69) is 10.6 Å². The summed E-state index contributed by atoms with van der Waals surface area (Å²) in [7, 11) is 0. The van der Waals surface area contributed by atoms with Gasteiger partial charge in [0.25, 0.3) is 0 Å². The average Bonchev–Trinajstić information content (AvgIpc) is 3.07. The molecule has 2 aliphatic rings. The molecule has 1 aromatic carbocycles. The van der Waals surface area contributed by atoms with Crippen molar-refractivity contribution in [3.8, 4) is 0 Å². The molecule has 1 amide bonds. The lowest BCUT2D eigenvalue weighted by Crippen LogP contribution is -2.48. The van der Waals surface area contributed by atoms with E-state index < -0.39 is 0 Å². The maximum atomic E-state index is 13.9. The summed E-state index contributed by atoms with van der Waals surface area (Å²) in [5, 5.41) is 6.47. The lowest BCUT2D eigenvalue weighted by atomic mass is 10.0. The number of anilines is 1. The Morgan fingerprint density at radius 3 is 3.00 bits per heavy atom. The summed E-state index contributed by atoms with van der Waals surface area (Å²) in [5.41, 5.74) is 0.642. The normalized spacial score (nSPS) is 24.7. The number of halogens is 1. The average molecular weight is 319 g/mol. The molecule has 126 valence electrons. The van der Waals surface area contributed by atoms with Crippen molar-refractivity contribution in [2.45, 2.75) is 38.1 Å². The van der Waals surface area contributed by atoms with Crippen LogP contribution in [0.5, 0.6) is 0 Å². The number of hydrogen-bond acceptors (Lipinski definition) is 3. The van der Waals surface area contributed by atoms with Gasteiger partial charge >= 0.3 is 0 Å². The maximum absolute atomic E-state index is 13.9. The van der Waals surface area contributed by atoms with Crippen LogP contribution in [0, 0.1) is 11.7 Å². The first kappa shape index (κ1) is 16.2. The summed E-state index contributed by atoms with van der Waals surface area (Å²) < 4.78 is 13.9. The van der Waals surface area contributed by atoms with E-state index in [1.165, 1.54) is 12.5 Å². The van der Waals surface area contributed by atoms with Gasteiger partial charge in [-0.05, 0) is 56.8 Å². The fraction of sp³-hybridized carbons (Fsp3) is 0.611. The van der Waals surface area contributed by atoms with Crippen LogP contribution in [0.3, 0.4) is 0 Å². The largest absolute Gasteiger partial charge is 0.367 e. The highest BCUT2D eigenvalue weighted by molar-refractivity contribution is 5.76. The fourth-order valence-corrected chi connectivity index (χ4v) is 3.62. The summed E-state index contributed by atoms with van der Waals surface area (Å²) in [6.07, 6.45) is 4.69. The van der Waals surface area contributed by atoms with E-state index in [1.807, 2.05) is 17.0 Å². The van der Waals surface area contributed by atoms with Crippen molar-refractivity contribution in [2.24, 2.45) is 5.92 Å². The summed E-state index contributed by atoms with van der Waals surface area (Å²) in [5.74, 6) is 0.590. The van der Waals surface area contributed by atoms with Crippen LogP contribution in [-0.2, 0) is 4.79 Å². The van der Waals surface area contributed by atoms with E-state index in [0.717, 1.165) is 38.9 Å². The Morgan fingerprint density at radius 2 is 2.22 bits per heavy atom. The fourth-order valence-electron chi connectivity index (χ4n) is 3.62. The number of piperidine rings is 1. The monoisotopic (exact) mass is 319 g/mol. The van der Waals surface area contributed by atoms with Crippen LogP contribution < -0.4 is 15.5 Å². The molecule has 2 unspecified atom stereocenters. The molecule has 23 heavy (non-hydrogen) atoms. The molecule has 3 rings (SSSR count). The molecule has 2 aliphatic heterocycles. The number of para-hydroxylation sites is 1. The molecule has 0 saturated carbocycles. The third kappa shape index (κ3) is 4.44. The summed E-state index contributed by atoms with van der Waals surface area (Å²) in [4.78, 5) is 14.2. The molecule has 2 N–H and O–H groups in total. The zero-order chi connectivity index (χ0) is 16.1. The quantitative estimate of drug-likeness (QED) is 0.875. The van der Waals surface area contributed by atoms with E-state index in [-0.39, 0.29) is 17.8 Å². The van der Waals surface area contributed by atoms with Crippen molar-refractivity contribution in [2.75, 3.05) is 31.1 Å². The molecule has 1 aromatic rings. The molecule has 2 atom stereocenters. The highest BCUT2D eigenvalue weighted by Gasteiger charge is 2.23. The SMILES string of the molecule is O=C(CCC1CCNC1)NC1CCCN(c2ccccc2F)C1. The van der Waals surface area contributed by atoms with Gasteiger partial charge in [0.05, 0.1) is 5.69 Å². The van der Waals surface area contributed by atoms with Crippen molar-refractivity contribution in [1.29, 1.82) is 0 Å². The molecule has 0 aliphatic carbocycles. The Labute approximate surface area is 137 Å². The number of carbonyl (C=O) groups is 1. The second-order valence-electron chi connectivity index (χ2n) is 6.70. The first-order valence-electron chi connectivity index (χ1n) is 8.72. The first-order chi connectivity index (χ1) is 11.2. The Bertz CT molecular complexity index is 531. The predicted molar refractivity (Wildman–Crippen MR) is 90.0 cm³/mol. The third-order valence-electron chi connectivity index (χ3n) is 4.92. The van der Waals surface area contributed by atoms with Gasteiger partial charge in [0.15, 0.2) is 0 Å². The van der Waals surface area contributed by atoms with E-state index in [9.17, 15) is 9.18 Å². The molecule has 0 aromatic heterocycles. The van der Waals surface area contributed by atoms with Gasteiger partial charge in [-0.2, -0.15) is 0 Å². The van der Waals surface area contributed by atoms with E-state index in [4.69, 9.17) is 0 Å². The van der Waals surface area contributed by atoms with Crippen LogP contribution in [0.2, 0.25) is 0 Å². The number of nitrogens with zero attached hydrogens (tertiary/aromatic N) is 1. The van der Waals surface area contributed by atoms with Gasteiger partial charge in [0, 0.05) is 25.6 Å². The van der Waals surface area contributed by atoms with Crippen LogP contribution in [0.15, 0.2) is 24.3 Å². The number of rotatable bonds is 5. The number of benzene rings is 1. The Kier molecular flexibility index (Phi) is 5.49. The van der Waals surface area contributed by atoms with Crippen LogP contribution in [0.1, 0.15) is 32.1 Å². The smallest absolute Gasteiger partial charge is 0.220 e. The second kappa shape index (κ2) is 7.77. The van der Waals surface area contributed by atoms with Crippen LogP contribution >= 0.6 is 0 Å². The van der Waals surface area contributed by atoms with Crippen molar-refractivity contribution in [1.82, 2.24) is 10.6 Å². The third-order valence-corrected chi connectivity index (χ3v) is 4.92. The van der Waals surface area contributed by atoms with Crippen LogP contribution in [0.4, 0.5) is 10.1 Å². The van der Waals surface area contributed by atoms with Gasteiger partial charge in [0.1, 0.15) is 5.82 Å². The molecule has 2 saturated heterocycles. The maximum Gasteiger partial charge on any atom is 0.220 e. The van der Waals surface area contributed by atoms with Crippen molar-refractivity contribution in [3.63, 3.8) is 0 Å². The predicted octanol–water partition coefficient (Wildman–Crippen LogP) is 2.30. The Hall–Kier alpha value is -1.62. The molecule has 0 radical (unpaired) electrons. The number of nitrogens with one attached hydrogen (secondary N) is 2. The van der Waals surface area contributed by atoms with Gasteiger partial charge in [0.2, 0.25) is 5.91 Å². The molecular formula is C18H26FN3O. The van der Waals surface area contributed by atoms with Gasteiger partial charge in [-0.3, -0.25) is 4.79 Å².